The maximum Gasteiger partial charge on any atom is 0.0786 e. The number of unbranched alkanes of at least 4 members (excludes halogenated alkanes) is 6. The van der Waals surface area contributed by atoms with Gasteiger partial charge in [0.2, 0.25) is 0 Å². The predicted molar refractivity (Wildman–Crippen MR) is 99.9 cm³/mol. The lowest BCUT2D eigenvalue weighted by Gasteiger charge is -2.39. The molecule has 0 aromatic carbocycles. The molecule has 0 aromatic heterocycles. The second-order valence-corrected chi connectivity index (χ2v) is 6.36. The van der Waals surface area contributed by atoms with Gasteiger partial charge in [-0.05, 0) is 32.1 Å². The van der Waals surface area contributed by atoms with Crippen LogP contribution in [0.25, 0.3) is 0 Å². The average Bonchev–Trinajstić information content (AvgIpc) is 2.44. The van der Waals surface area contributed by atoms with E-state index in [1.54, 1.807) is 0 Å². The Balaban J connectivity index is 0. The molecule has 0 radical (unpaired) electrons. The first-order valence-electron chi connectivity index (χ1n) is 9.09. The number of rotatable bonds is 14. The van der Waals surface area contributed by atoms with Crippen molar-refractivity contribution >= 4 is 8.41 Å². The summed E-state index contributed by atoms with van der Waals surface area (Å²) in [6, 6.07) is 0. The van der Waals surface area contributed by atoms with Crippen LogP contribution in [-0.4, -0.2) is 39.1 Å². The van der Waals surface area contributed by atoms with E-state index in [-0.39, 0.29) is 8.41 Å². The summed E-state index contributed by atoms with van der Waals surface area (Å²) in [4.78, 5) is 0. The van der Waals surface area contributed by atoms with E-state index in [0.29, 0.717) is 0 Å². The third kappa shape index (κ3) is 10.8. The van der Waals surface area contributed by atoms with Gasteiger partial charge < -0.3 is 4.48 Å². The van der Waals surface area contributed by atoms with Crippen molar-refractivity contribution in [2.24, 2.45) is 0 Å². The van der Waals surface area contributed by atoms with Crippen LogP contribution in [0.4, 0.5) is 0 Å². The SMILES string of the molecule is CCCCCC[N+](CCCC)(CCCC)CCCC.[BH4-]. The van der Waals surface area contributed by atoms with E-state index in [0.717, 1.165) is 0 Å². The van der Waals surface area contributed by atoms with Crippen molar-refractivity contribution in [2.75, 3.05) is 26.2 Å². The normalized spacial score (nSPS) is 11.4. The molecule has 20 heavy (non-hydrogen) atoms. The van der Waals surface area contributed by atoms with E-state index < -0.39 is 0 Å². The van der Waals surface area contributed by atoms with Gasteiger partial charge in [0.25, 0.3) is 0 Å². The molecule has 0 heterocycles. The van der Waals surface area contributed by atoms with Crippen LogP contribution in [0.3, 0.4) is 0 Å². The van der Waals surface area contributed by atoms with Crippen molar-refractivity contribution in [3.63, 3.8) is 0 Å². The number of hydrogen-bond donors (Lipinski definition) is 0. The van der Waals surface area contributed by atoms with E-state index in [1.165, 1.54) is 94.9 Å². The van der Waals surface area contributed by atoms with Crippen molar-refractivity contribution in [3.8, 4) is 0 Å². The maximum absolute atomic E-state index is 2.34. The number of hydrogen-bond acceptors (Lipinski definition) is 0. The molecule has 124 valence electrons. The molecule has 0 spiro atoms. The fraction of sp³-hybridized carbons (Fsp3) is 1.00. The highest BCUT2D eigenvalue weighted by molar-refractivity contribution is 5.75. The Morgan fingerprint density at radius 3 is 1.15 bits per heavy atom. The maximum atomic E-state index is 2.34. The van der Waals surface area contributed by atoms with Gasteiger partial charge in [0.05, 0.1) is 26.2 Å². The summed E-state index contributed by atoms with van der Waals surface area (Å²) in [6.07, 6.45) is 14.0. The van der Waals surface area contributed by atoms with Crippen molar-refractivity contribution < 1.29 is 4.48 Å². The molecule has 0 unspecified atom stereocenters. The predicted octanol–water partition coefficient (Wildman–Crippen LogP) is 4.33. The van der Waals surface area contributed by atoms with Crippen molar-refractivity contribution in [3.05, 3.63) is 0 Å². The van der Waals surface area contributed by atoms with Gasteiger partial charge >= 0.3 is 0 Å². The lowest BCUT2D eigenvalue weighted by molar-refractivity contribution is -0.929. The Morgan fingerprint density at radius 1 is 0.450 bits per heavy atom. The Hall–Kier alpha value is 0.0249. The Kier molecular flexibility index (Phi) is 17.2. The summed E-state index contributed by atoms with van der Waals surface area (Å²) < 4.78 is 1.43. The van der Waals surface area contributed by atoms with E-state index in [9.17, 15) is 0 Å². The molecule has 0 atom stereocenters. The molecule has 0 saturated carbocycles. The van der Waals surface area contributed by atoms with Crippen molar-refractivity contribution in [1.82, 2.24) is 0 Å². The molecule has 0 aliphatic rings. The molecule has 0 aromatic rings. The second kappa shape index (κ2) is 15.4. The molecule has 0 rings (SSSR count). The van der Waals surface area contributed by atoms with Crippen LogP contribution in [0.1, 0.15) is 91.9 Å². The Labute approximate surface area is 131 Å². The first-order valence-corrected chi connectivity index (χ1v) is 9.09. The third-order valence-electron chi connectivity index (χ3n) is 4.44. The highest BCUT2D eigenvalue weighted by atomic mass is 15.3. The second-order valence-electron chi connectivity index (χ2n) is 6.36. The van der Waals surface area contributed by atoms with Crippen LogP contribution < -0.4 is 0 Å². The summed E-state index contributed by atoms with van der Waals surface area (Å²) in [7, 11) is 0. The highest BCUT2D eigenvalue weighted by Gasteiger charge is 2.24. The van der Waals surface area contributed by atoms with Gasteiger partial charge in [0, 0.05) is 0 Å². The van der Waals surface area contributed by atoms with Crippen LogP contribution >= 0.6 is 0 Å². The average molecular weight is 285 g/mol. The monoisotopic (exact) mass is 285 g/mol. The third-order valence-corrected chi connectivity index (χ3v) is 4.44. The molecule has 0 aliphatic carbocycles. The zero-order chi connectivity index (χ0) is 14.4. The zero-order valence-electron chi connectivity index (χ0n) is 14.3. The Morgan fingerprint density at radius 2 is 0.800 bits per heavy atom. The largest absolute Gasteiger partial charge is 0.324 e. The molecule has 0 saturated heterocycles. The van der Waals surface area contributed by atoms with Gasteiger partial charge in [-0.25, -0.2) is 0 Å². The topological polar surface area (TPSA) is 0 Å². The van der Waals surface area contributed by atoms with E-state index in [2.05, 4.69) is 27.7 Å². The first kappa shape index (κ1) is 22.3. The van der Waals surface area contributed by atoms with Crippen LogP contribution in [0.5, 0.6) is 0 Å². The lowest BCUT2D eigenvalue weighted by Crippen LogP contribution is -2.50. The van der Waals surface area contributed by atoms with Gasteiger partial charge in [0.1, 0.15) is 0 Å². The molecular formula is C18H44BN. The first-order chi connectivity index (χ1) is 9.24. The molecule has 0 N–H and O–H groups in total. The molecule has 0 bridgehead atoms. The molecule has 0 fully saturated rings. The number of quaternary nitrogens is 1. The van der Waals surface area contributed by atoms with Crippen LogP contribution in [0, 0.1) is 0 Å². The molecule has 2 heteroatoms. The summed E-state index contributed by atoms with van der Waals surface area (Å²) >= 11 is 0. The van der Waals surface area contributed by atoms with Crippen molar-refractivity contribution in [1.29, 1.82) is 0 Å². The fourth-order valence-electron chi connectivity index (χ4n) is 3.03. The van der Waals surface area contributed by atoms with Gasteiger partial charge in [-0.3, -0.25) is 0 Å². The van der Waals surface area contributed by atoms with Gasteiger partial charge in [-0.15, -0.1) is 0 Å². The van der Waals surface area contributed by atoms with Crippen LogP contribution in [0.2, 0.25) is 0 Å². The minimum Gasteiger partial charge on any atom is -0.324 e. The lowest BCUT2D eigenvalue weighted by atomic mass is 10.1. The molecule has 1 nitrogen and oxygen atoms in total. The summed E-state index contributed by atoms with van der Waals surface area (Å²) in [6.45, 7) is 15.1. The number of nitrogens with zero attached hydrogens (tertiary/aromatic N) is 1. The van der Waals surface area contributed by atoms with E-state index >= 15 is 0 Å². The summed E-state index contributed by atoms with van der Waals surface area (Å²) in [5.74, 6) is 0. The minimum absolute atomic E-state index is 0. The molecular weight excluding hydrogens is 241 g/mol. The summed E-state index contributed by atoms with van der Waals surface area (Å²) in [5.41, 5.74) is 0. The van der Waals surface area contributed by atoms with E-state index in [1.807, 2.05) is 0 Å². The van der Waals surface area contributed by atoms with Gasteiger partial charge in [0.15, 0.2) is 0 Å². The van der Waals surface area contributed by atoms with Crippen LogP contribution in [-0.2, 0) is 0 Å². The fourth-order valence-corrected chi connectivity index (χ4v) is 3.03. The molecule has 0 amide bonds. The minimum atomic E-state index is 0. The van der Waals surface area contributed by atoms with E-state index in [4.69, 9.17) is 0 Å². The van der Waals surface area contributed by atoms with Gasteiger partial charge in [-0.1, -0.05) is 68.2 Å². The quantitative estimate of drug-likeness (QED) is 0.253. The zero-order valence-corrected chi connectivity index (χ0v) is 14.3. The van der Waals surface area contributed by atoms with Gasteiger partial charge in [-0.2, -0.15) is 0 Å². The standard InChI is InChI=1S/C18H40N.BH4/c1-5-9-13-14-18-19(15-10-6-2,16-11-7-3)17-12-8-4;/h5-18H2,1-4H3;1H4/q+1;-1. The van der Waals surface area contributed by atoms with Crippen molar-refractivity contribution in [2.45, 2.75) is 91.9 Å². The molecule has 0 aliphatic heterocycles. The van der Waals surface area contributed by atoms with Crippen LogP contribution in [0.15, 0.2) is 0 Å². The summed E-state index contributed by atoms with van der Waals surface area (Å²) in [5, 5.41) is 0. The smallest absolute Gasteiger partial charge is 0.0786 e. The Bertz CT molecular complexity index is 160. The highest BCUT2D eigenvalue weighted by Crippen LogP contribution is 2.17.